The summed E-state index contributed by atoms with van der Waals surface area (Å²) in [6.45, 7) is 2.50. The van der Waals surface area contributed by atoms with E-state index in [0.29, 0.717) is 18.8 Å². The molecule has 2 aliphatic rings. The van der Waals surface area contributed by atoms with E-state index in [9.17, 15) is 18.0 Å². The molecule has 1 atom stereocenters. The van der Waals surface area contributed by atoms with Gasteiger partial charge in [-0.05, 0) is 24.1 Å². The van der Waals surface area contributed by atoms with Gasteiger partial charge in [0, 0.05) is 43.7 Å². The normalized spacial score (nSPS) is 21.0. The molecule has 0 bridgehead atoms. The molecule has 2 heterocycles. The maximum Gasteiger partial charge on any atom is 0.227 e. The van der Waals surface area contributed by atoms with Gasteiger partial charge in [-0.2, -0.15) is 0 Å². The maximum absolute atomic E-state index is 12.2. The number of hydrogen-bond acceptors (Lipinski definition) is 4. The monoisotopic (exact) mass is 337 g/mol. The Morgan fingerprint density at radius 2 is 2.13 bits per heavy atom. The predicted molar refractivity (Wildman–Crippen MR) is 86.6 cm³/mol. The van der Waals surface area contributed by atoms with Crippen LogP contribution in [0.5, 0.6) is 0 Å². The first-order chi connectivity index (χ1) is 10.7. The first-order valence-corrected chi connectivity index (χ1v) is 9.18. The molecule has 7 nitrogen and oxygen atoms in total. The average Bonchev–Trinajstić information content (AvgIpc) is 2.99. The molecule has 0 aliphatic carbocycles. The van der Waals surface area contributed by atoms with Crippen LogP contribution in [-0.2, 0) is 26.0 Å². The SMILES string of the molecule is CC(=O)N1CCc2ccc(N3CC(CS(N)(=O)=O)CC3=O)cc21. The van der Waals surface area contributed by atoms with E-state index < -0.39 is 10.0 Å². The number of benzene rings is 1. The minimum atomic E-state index is -3.60. The third kappa shape index (κ3) is 3.23. The van der Waals surface area contributed by atoms with Crippen molar-refractivity contribution in [1.29, 1.82) is 0 Å². The van der Waals surface area contributed by atoms with Gasteiger partial charge in [0.15, 0.2) is 0 Å². The third-order valence-corrected chi connectivity index (χ3v) is 5.27. The Morgan fingerprint density at radius 3 is 2.78 bits per heavy atom. The van der Waals surface area contributed by atoms with Crippen LogP contribution < -0.4 is 14.9 Å². The van der Waals surface area contributed by atoms with Gasteiger partial charge in [-0.3, -0.25) is 9.59 Å². The molecule has 2 aliphatic heterocycles. The highest BCUT2D eigenvalue weighted by Gasteiger charge is 2.33. The van der Waals surface area contributed by atoms with Crippen LogP contribution in [0.25, 0.3) is 0 Å². The summed E-state index contributed by atoms with van der Waals surface area (Å²) in [6, 6.07) is 5.61. The van der Waals surface area contributed by atoms with Gasteiger partial charge in [-0.15, -0.1) is 0 Å². The molecule has 3 rings (SSSR count). The molecule has 1 fully saturated rings. The molecule has 1 aromatic rings. The van der Waals surface area contributed by atoms with Crippen molar-refractivity contribution in [1.82, 2.24) is 0 Å². The van der Waals surface area contributed by atoms with E-state index in [1.54, 1.807) is 9.80 Å². The zero-order valence-corrected chi connectivity index (χ0v) is 13.7. The molecular formula is C15H19N3O4S. The van der Waals surface area contributed by atoms with E-state index in [0.717, 1.165) is 17.7 Å². The molecule has 8 heteroatoms. The van der Waals surface area contributed by atoms with E-state index in [2.05, 4.69) is 0 Å². The minimum Gasteiger partial charge on any atom is -0.312 e. The molecule has 1 saturated heterocycles. The van der Waals surface area contributed by atoms with E-state index in [1.165, 1.54) is 6.92 Å². The molecule has 0 radical (unpaired) electrons. The predicted octanol–water partition coefficient (Wildman–Crippen LogP) is 0.237. The van der Waals surface area contributed by atoms with Crippen LogP contribution >= 0.6 is 0 Å². The van der Waals surface area contributed by atoms with Crippen molar-refractivity contribution in [2.75, 3.05) is 28.6 Å². The van der Waals surface area contributed by atoms with E-state index >= 15 is 0 Å². The van der Waals surface area contributed by atoms with Crippen molar-refractivity contribution in [3.05, 3.63) is 23.8 Å². The lowest BCUT2D eigenvalue weighted by Crippen LogP contribution is -2.28. The highest BCUT2D eigenvalue weighted by Crippen LogP contribution is 2.34. The lowest BCUT2D eigenvalue weighted by molar-refractivity contribution is -0.117. The molecule has 2 amide bonds. The number of fused-ring (bicyclic) bond motifs is 1. The number of hydrogen-bond donors (Lipinski definition) is 1. The maximum atomic E-state index is 12.2. The van der Waals surface area contributed by atoms with Gasteiger partial charge in [0.2, 0.25) is 21.8 Å². The number of rotatable bonds is 3. The van der Waals surface area contributed by atoms with Crippen molar-refractivity contribution in [3.63, 3.8) is 0 Å². The van der Waals surface area contributed by atoms with Gasteiger partial charge in [-0.25, -0.2) is 13.6 Å². The second-order valence-corrected chi connectivity index (χ2v) is 7.80. The third-order valence-electron chi connectivity index (χ3n) is 4.33. The molecule has 1 aromatic carbocycles. The second-order valence-electron chi connectivity index (χ2n) is 6.14. The number of carbonyl (C=O) groups excluding carboxylic acids is 2. The van der Waals surface area contributed by atoms with E-state index in [1.807, 2.05) is 18.2 Å². The Hall–Kier alpha value is -1.93. The number of nitrogens with two attached hydrogens (primary N) is 1. The number of carbonyl (C=O) groups is 2. The molecular weight excluding hydrogens is 318 g/mol. The van der Waals surface area contributed by atoms with Gasteiger partial charge in [0.1, 0.15) is 0 Å². The Morgan fingerprint density at radius 1 is 1.39 bits per heavy atom. The minimum absolute atomic E-state index is 0.0271. The Labute approximate surface area is 135 Å². The number of amides is 2. The molecule has 2 N–H and O–H groups in total. The van der Waals surface area contributed by atoms with E-state index in [4.69, 9.17) is 5.14 Å². The van der Waals surface area contributed by atoms with Crippen LogP contribution in [0.3, 0.4) is 0 Å². The average molecular weight is 337 g/mol. The second kappa shape index (κ2) is 5.61. The summed E-state index contributed by atoms with van der Waals surface area (Å²) in [5.74, 6) is -0.638. The van der Waals surface area contributed by atoms with Crippen LogP contribution in [0.1, 0.15) is 18.9 Å². The summed E-state index contributed by atoms with van der Waals surface area (Å²) in [5, 5.41) is 5.07. The highest BCUT2D eigenvalue weighted by atomic mass is 32.2. The molecule has 0 saturated carbocycles. The summed E-state index contributed by atoms with van der Waals surface area (Å²) < 4.78 is 22.4. The van der Waals surface area contributed by atoms with Gasteiger partial charge in [-0.1, -0.05) is 6.07 Å². The summed E-state index contributed by atoms with van der Waals surface area (Å²) in [6.07, 6.45) is 0.973. The number of nitrogens with zero attached hydrogens (tertiary/aromatic N) is 2. The van der Waals surface area contributed by atoms with Crippen molar-refractivity contribution >= 4 is 33.2 Å². The van der Waals surface area contributed by atoms with Crippen molar-refractivity contribution in [2.45, 2.75) is 19.8 Å². The van der Waals surface area contributed by atoms with Crippen molar-refractivity contribution < 1.29 is 18.0 Å². The summed E-state index contributed by atoms with van der Waals surface area (Å²) in [5.41, 5.74) is 2.60. The molecule has 0 spiro atoms. The lowest BCUT2D eigenvalue weighted by Gasteiger charge is -2.20. The topological polar surface area (TPSA) is 101 Å². The Balaban J connectivity index is 1.84. The molecule has 23 heavy (non-hydrogen) atoms. The van der Waals surface area contributed by atoms with Gasteiger partial charge in [0.25, 0.3) is 0 Å². The van der Waals surface area contributed by atoms with Crippen LogP contribution in [0.15, 0.2) is 18.2 Å². The number of primary sulfonamides is 1. The number of anilines is 2. The fourth-order valence-electron chi connectivity index (χ4n) is 3.33. The zero-order valence-electron chi connectivity index (χ0n) is 12.9. The van der Waals surface area contributed by atoms with Gasteiger partial charge >= 0.3 is 0 Å². The first-order valence-electron chi connectivity index (χ1n) is 7.46. The van der Waals surface area contributed by atoms with Crippen LogP contribution in [0, 0.1) is 5.92 Å². The molecule has 0 aromatic heterocycles. The summed E-state index contributed by atoms with van der Waals surface area (Å²) in [7, 11) is -3.60. The van der Waals surface area contributed by atoms with Crippen molar-refractivity contribution in [3.8, 4) is 0 Å². The zero-order chi connectivity index (χ0) is 16.8. The van der Waals surface area contributed by atoms with Gasteiger partial charge < -0.3 is 9.80 Å². The molecule has 124 valence electrons. The Kier molecular flexibility index (Phi) is 3.89. The lowest BCUT2D eigenvalue weighted by atomic mass is 10.1. The quantitative estimate of drug-likeness (QED) is 0.853. The molecule has 1 unspecified atom stereocenters. The highest BCUT2D eigenvalue weighted by molar-refractivity contribution is 7.89. The standard InChI is InChI=1S/C15H19N3O4S/c1-10(19)17-5-4-12-2-3-13(7-14(12)17)18-8-11(6-15(18)20)9-23(16,21)22/h2-3,7,11H,4-6,8-9H2,1H3,(H2,16,21,22). The largest absolute Gasteiger partial charge is 0.312 e. The fourth-order valence-corrected chi connectivity index (χ4v) is 4.21. The fraction of sp³-hybridized carbons (Fsp3) is 0.467. The Bertz CT molecular complexity index is 775. The number of sulfonamides is 1. The van der Waals surface area contributed by atoms with Gasteiger partial charge in [0.05, 0.1) is 5.75 Å². The van der Waals surface area contributed by atoms with Crippen LogP contribution in [0.4, 0.5) is 11.4 Å². The smallest absolute Gasteiger partial charge is 0.227 e. The van der Waals surface area contributed by atoms with E-state index in [-0.39, 0.29) is 29.9 Å². The summed E-state index contributed by atoms with van der Waals surface area (Å²) in [4.78, 5) is 27.1. The van der Waals surface area contributed by atoms with Crippen molar-refractivity contribution in [2.24, 2.45) is 11.1 Å². The first kappa shape index (κ1) is 15.9. The van der Waals surface area contributed by atoms with Crippen LogP contribution in [0.2, 0.25) is 0 Å². The van der Waals surface area contributed by atoms with Crippen LogP contribution in [-0.4, -0.2) is 39.1 Å². The summed E-state index contributed by atoms with van der Waals surface area (Å²) >= 11 is 0.